The van der Waals surface area contributed by atoms with E-state index >= 15 is 0 Å². The molecule has 0 aliphatic rings. The molecular formula is H4O14S4. The molecule has 4 N–H and O–H groups in total. The quantitative estimate of drug-likeness (QED) is 0.172. The van der Waals surface area contributed by atoms with E-state index in [2.05, 4.69) is 8.67 Å². The normalized spacial score (nSPS) is 13.6. The molecule has 18 heavy (non-hydrogen) atoms. The van der Waals surface area contributed by atoms with Gasteiger partial charge in [-0.2, -0.15) is 33.7 Å². The summed E-state index contributed by atoms with van der Waals surface area (Å²) in [7, 11) is -20.7. The van der Waals surface area contributed by atoms with Crippen molar-refractivity contribution in [2.75, 3.05) is 0 Å². The Labute approximate surface area is 99.9 Å². The molecule has 0 radical (unpaired) electrons. The summed E-state index contributed by atoms with van der Waals surface area (Å²) in [5.74, 6) is 0. The molecule has 14 nitrogen and oxygen atoms in total. The number of hydrogen-bond acceptors (Lipinski definition) is 10. The molecule has 0 heterocycles. The van der Waals surface area contributed by atoms with E-state index in [9.17, 15) is 33.7 Å². The van der Waals surface area contributed by atoms with Gasteiger partial charge in [-0.25, -0.2) is 0 Å². The van der Waals surface area contributed by atoms with Gasteiger partial charge in [-0.15, -0.1) is 0 Å². The second-order valence-electron chi connectivity index (χ2n) is 1.85. The first-order chi connectivity index (χ1) is 7.46. The minimum Gasteiger partial charge on any atom is -0.272 e. The molecule has 0 bridgehead atoms. The topological polar surface area (TPSA) is 236 Å². The van der Waals surface area contributed by atoms with E-state index in [4.69, 9.17) is 18.2 Å². The summed E-state index contributed by atoms with van der Waals surface area (Å²) in [6.45, 7) is 0. The van der Waals surface area contributed by atoms with Crippen LogP contribution in [0.2, 0.25) is 0 Å². The first-order valence-corrected chi connectivity index (χ1v) is 8.86. The second-order valence-corrected chi connectivity index (χ2v) is 8.07. The molecule has 0 aliphatic heterocycles. The molecule has 0 aliphatic carbocycles. The van der Waals surface area contributed by atoms with Crippen molar-refractivity contribution in [1.29, 1.82) is 0 Å². The summed E-state index contributed by atoms with van der Waals surface area (Å²) in [5, 5.41) is 0. The fourth-order valence-electron chi connectivity index (χ4n) is 0.0702. The molecular weight excluding hydrogens is 352 g/mol. The standard InChI is InChI=1S/H2O8S2.H2O6S2/c1-9(2,3)7-8-10(4,5)6;1-7(2,3)8(4,5)6/h(H,1,2,3)(H,4,5,6);(H,1,2,3)(H,4,5,6). The first kappa shape index (κ1) is 19.9. The third-order valence-corrected chi connectivity index (χ3v) is 3.16. The third kappa shape index (κ3) is 13.6. The molecule has 0 aromatic carbocycles. The summed E-state index contributed by atoms with van der Waals surface area (Å²) in [6, 6.07) is 0. The van der Waals surface area contributed by atoms with E-state index in [1.165, 1.54) is 0 Å². The van der Waals surface area contributed by atoms with Crippen molar-refractivity contribution in [3.05, 3.63) is 0 Å². The molecule has 0 saturated heterocycles. The summed E-state index contributed by atoms with van der Waals surface area (Å²) in [4.78, 5) is 0. The molecule has 0 atom stereocenters. The van der Waals surface area contributed by atoms with Crippen molar-refractivity contribution in [1.82, 2.24) is 0 Å². The highest BCUT2D eigenvalue weighted by Gasteiger charge is 2.22. The predicted molar refractivity (Wildman–Crippen MR) is 48.4 cm³/mol. The maximum atomic E-state index is 9.51. The maximum Gasteiger partial charge on any atom is 0.425 e. The van der Waals surface area contributed by atoms with Crippen molar-refractivity contribution in [3.63, 3.8) is 0 Å². The van der Waals surface area contributed by atoms with Crippen LogP contribution in [0.3, 0.4) is 0 Å². The van der Waals surface area contributed by atoms with Gasteiger partial charge in [-0.3, -0.25) is 18.2 Å². The first-order valence-electron chi connectivity index (χ1n) is 2.73. The van der Waals surface area contributed by atoms with Gasteiger partial charge in [0.1, 0.15) is 0 Å². The molecule has 0 amide bonds. The van der Waals surface area contributed by atoms with Gasteiger partial charge in [0, 0.05) is 0 Å². The SMILES string of the molecule is O=S(=O)(O)OOS(=O)(=O)O.O=S(=O)(O)S(=O)(=O)O. The average molecular weight is 356 g/mol. The molecule has 0 spiro atoms. The van der Waals surface area contributed by atoms with Crippen LogP contribution in [0.25, 0.3) is 0 Å². The minimum atomic E-state index is -5.31. The lowest BCUT2D eigenvalue weighted by Crippen LogP contribution is -2.11. The Morgan fingerprint density at radius 3 is 0.722 bits per heavy atom. The maximum absolute atomic E-state index is 9.51. The summed E-state index contributed by atoms with van der Waals surface area (Å²) >= 11 is 0. The highest BCUT2D eigenvalue weighted by atomic mass is 33.2. The van der Waals surface area contributed by atoms with Crippen molar-refractivity contribution < 1.29 is 60.5 Å². The van der Waals surface area contributed by atoms with E-state index < -0.39 is 39.1 Å². The van der Waals surface area contributed by atoms with Crippen LogP contribution in [0, 0.1) is 0 Å². The van der Waals surface area contributed by atoms with E-state index in [1.54, 1.807) is 0 Å². The molecule has 0 aromatic rings. The Bertz CT molecular complexity index is 586. The molecule has 18 heteroatoms. The Hall–Kier alpha value is -0.440. The van der Waals surface area contributed by atoms with Crippen LogP contribution < -0.4 is 0 Å². The second kappa shape index (κ2) is 6.14. The van der Waals surface area contributed by atoms with Crippen molar-refractivity contribution in [2.45, 2.75) is 0 Å². The predicted octanol–water partition coefficient (Wildman–Crippen LogP) is -2.78. The van der Waals surface area contributed by atoms with Crippen molar-refractivity contribution in [2.24, 2.45) is 0 Å². The van der Waals surface area contributed by atoms with Crippen LogP contribution in [0.1, 0.15) is 0 Å². The van der Waals surface area contributed by atoms with Crippen LogP contribution in [0.5, 0.6) is 0 Å². The molecule has 0 rings (SSSR count). The van der Waals surface area contributed by atoms with Crippen LogP contribution >= 0.6 is 0 Å². The fourth-order valence-corrected chi connectivity index (χ4v) is 0.632. The molecule has 0 aromatic heterocycles. The van der Waals surface area contributed by atoms with Gasteiger partial charge >= 0.3 is 39.1 Å². The van der Waals surface area contributed by atoms with Crippen LogP contribution in [0.4, 0.5) is 0 Å². The van der Waals surface area contributed by atoms with E-state index in [-0.39, 0.29) is 0 Å². The van der Waals surface area contributed by atoms with Crippen molar-refractivity contribution >= 4 is 39.1 Å². The van der Waals surface area contributed by atoms with Crippen LogP contribution in [-0.2, 0) is 47.8 Å². The Morgan fingerprint density at radius 2 is 0.667 bits per heavy atom. The van der Waals surface area contributed by atoms with Crippen LogP contribution in [-0.4, -0.2) is 51.9 Å². The van der Waals surface area contributed by atoms with Gasteiger partial charge in [0.25, 0.3) is 0 Å². The van der Waals surface area contributed by atoms with Gasteiger partial charge in [-0.05, 0) is 0 Å². The molecule has 0 unspecified atom stereocenters. The zero-order valence-corrected chi connectivity index (χ0v) is 10.8. The largest absolute Gasteiger partial charge is 0.425 e. The van der Waals surface area contributed by atoms with Gasteiger partial charge in [-0.1, -0.05) is 8.67 Å². The summed E-state index contributed by atoms with van der Waals surface area (Å²) < 4.78 is 111. The highest BCUT2D eigenvalue weighted by molar-refractivity contribution is 8.62. The number of hydrogen-bond donors (Lipinski definition) is 4. The van der Waals surface area contributed by atoms with Gasteiger partial charge in [0.2, 0.25) is 0 Å². The Kier molecular flexibility index (Phi) is 6.78. The Morgan fingerprint density at radius 1 is 0.500 bits per heavy atom. The molecule has 112 valence electrons. The zero-order valence-electron chi connectivity index (χ0n) is 7.50. The lowest BCUT2D eigenvalue weighted by atomic mass is 14.9. The Balaban J connectivity index is 0. The number of rotatable bonds is 4. The van der Waals surface area contributed by atoms with E-state index in [0.717, 1.165) is 0 Å². The van der Waals surface area contributed by atoms with Gasteiger partial charge < -0.3 is 0 Å². The zero-order chi connectivity index (χ0) is 15.4. The molecule has 0 fully saturated rings. The van der Waals surface area contributed by atoms with Gasteiger partial charge in [0.05, 0.1) is 0 Å². The minimum absolute atomic E-state index is 2.78. The van der Waals surface area contributed by atoms with Gasteiger partial charge in [0.15, 0.2) is 0 Å². The smallest absolute Gasteiger partial charge is 0.272 e. The highest BCUT2D eigenvalue weighted by Crippen LogP contribution is 1.92. The fraction of sp³-hybridized carbons (Fsp3) is 0. The molecule has 0 saturated carbocycles. The van der Waals surface area contributed by atoms with E-state index in [1.807, 2.05) is 0 Å². The third-order valence-electron chi connectivity index (χ3n) is 0.466. The summed E-state index contributed by atoms with van der Waals surface area (Å²) in [6.07, 6.45) is 0. The van der Waals surface area contributed by atoms with E-state index in [0.29, 0.717) is 0 Å². The average Bonchev–Trinajstić information content (AvgIpc) is 1.95. The lowest BCUT2D eigenvalue weighted by Gasteiger charge is -1.92. The summed E-state index contributed by atoms with van der Waals surface area (Å²) in [5.41, 5.74) is 0. The lowest BCUT2D eigenvalue weighted by molar-refractivity contribution is -0.105. The monoisotopic (exact) mass is 356 g/mol. The van der Waals surface area contributed by atoms with Crippen molar-refractivity contribution in [3.8, 4) is 0 Å². The van der Waals surface area contributed by atoms with Crippen LogP contribution in [0.15, 0.2) is 0 Å².